The fourth-order valence-electron chi connectivity index (χ4n) is 0.421. The van der Waals surface area contributed by atoms with E-state index in [-0.39, 0.29) is 0 Å². The van der Waals surface area contributed by atoms with E-state index in [9.17, 15) is 4.79 Å². The number of rotatable bonds is 4. The smallest absolute Gasteiger partial charge is 0.323 e. The molecule has 0 radical (unpaired) electrons. The van der Waals surface area contributed by atoms with Gasteiger partial charge in [-0.1, -0.05) is 0 Å². The summed E-state index contributed by atoms with van der Waals surface area (Å²) in [5.74, 6) is -0.138. The molecule has 60 valence electrons. The molecule has 0 unspecified atom stereocenters. The Morgan fingerprint density at radius 3 is 2.60 bits per heavy atom. The van der Waals surface area contributed by atoms with E-state index in [1.165, 1.54) is 6.92 Å². The van der Waals surface area contributed by atoms with Crippen molar-refractivity contribution in [2.24, 2.45) is 5.73 Å². The minimum absolute atomic E-state index is 0.517. The Balaban J connectivity index is 3.75. The quantitative estimate of drug-likeness (QED) is 0.633. The average molecular weight is 162 g/mol. The van der Waals surface area contributed by atoms with Crippen LogP contribution in [0.5, 0.6) is 0 Å². The van der Waals surface area contributed by atoms with Gasteiger partial charge in [-0.25, -0.2) is 0 Å². The maximum Gasteiger partial charge on any atom is 0.323 e. The molecule has 1 atom stereocenters. The predicted molar refractivity (Wildman–Crippen MR) is 43.2 cm³/mol. The van der Waals surface area contributed by atoms with Crippen molar-refractivity contribution in [2.45, 2.75) is 18.9 Å². The second-order valence-corrected chi connectivity index (χ2v) is 3.45. The van der Waals surface area contributed by atoms with E-state index in [1.54, 1.807) is 11.8 Å². The number of hydrogen-bond donors (Lipinski definition) is 2. The molecule has 0 saturated heterocycles. The zero-order valence-electron chi connectivity index (χ0n) is 6.26. The molecule has 0 aliphatic heterocycles. The van der Waals surface area contributed by atoms with E-state index in [1.807, 2.05) is 6.26 Å². The van der Waals surface area contributed by atoms with Gasteiger partial charge in [0.15, 0.2) is 0 Å². The van der Waals surface area contributed by atoms with E-state index in [0.29, 0.717) is 6.42 Å². The van der Waals surface area contributed by atoms with Gasteiger partial charge in [-0.05, 0) is 25.4 Å². The molecule has 0 aliphatic carbocycles. The summed E-state index contributed by atoms with van der Waals surface area (Å²) in [6, 6.07) is 0. The molecular formula is C6H13NO2S. The zero-order chi connectivity index (χ0) is 8.20. The van der Waals surface area contributed by atoms with Gasteiger partial charge in [0.1, 0.15) is 5.54 Å². The van der Waals surface area contributed by atoms with Crippen LogP contribution in [0, 0.1) is 0 Å². The third kappa shape index (κ3) is 3.08. The highest BCUT2D eigenvalue weighted by Gasteiger charge is 2.26. The number of carbonyl (C=O) groups is 1. The Bertz CT molecular complexity index is 125. The van der Waals surface area contributed by atoms with E-state index in [2.05, 4.69) is 0 Å². The molecule has 3 nitrogen and oxygen atoms in total. The van der Waals surface area contributed by atoms with E-state index in [4.69, 9.17) is 10.8 Å². The molecule has 0 aromatic rings. The Morgan fingerprint density at radius 2 is 2.30 bits per heavy atom. The van der Waals surface area contributed by atoms with Gasteiger partial charge in [0.25, 0.3) is 0 Å². The summed E-state index contributed by atoms with van der Waals surface area (Å²) < 4.78 is 0. The highest BCUT2D eigenvalue weighted by atomic mass is 32.2. The predicted octanol–water partition coefficient (Wildman–Crippen LogP) is 0.542. The molecule has 10 heavy (non-hydrogen) atoms. The van der Waals surface area contributed by atoms with Crippen molar-refractivity contribution >= 4 is 17.7 Å². The van der Waals surface area contributed by atoms with Crippen molar-refractivity contribution in [1.29, 1.82) is 0 Å². The molecule has 0 saturated carbocycles. The first-order valence-corrected chi connectivity index (χ1v) is 4.41. The summed E-state index contributed by atoms with van der Waals surface area (Å²) in [5, 5.41) is 8.53. The lowest BCUT2D eigenvalue weighted by atomic mass is 9.83. The van der Waals surface area contributed by atoms with Gasteiger partial charge in [0, 0.05) is 0 Å². The van der Waals surface area contributed by atoms with Crippen LogP contribution in [0.25, 0.3) is 0 Å². The molecule has 0 amide bonds. The van der Waals surface area contributed by atoms with Gasteiger partial charge in [0.2, 0.25) is 0 Å². The van der Waals surface area contributed by atoms with Crippen molar-refractivity contribution in [3.63, 3.8) is 0 Å². The molecule has 0 aromatic carbocycles. The van der Waals surface area contributed by atoms with Crippen LogP contribution in [-0.4, -0.2) is 28.6 Å². The van der Waals surface area contributed by atoms with Crippen LogP contribution in [-0.2, 0) is 4.79 Å². The van der Waals surface area contributed by atoms with Crippen LogP contribution in [0.2, 0.25) is 0 Å². The first kappa shape index (κ1) is 9.78. The van der Waals surface area contributed by atoms with Crippen molar-refractivity contribution in [3.05, 3.63) is 0 Å². The topological polar surface area (TPSA) is 63.3 Å². The first-order valence-electron chi connectivity index (χ1n) is 3.02. The number of aliphatic carboxylic acids is 1. The molecule has 0 fully saturated rings. The van der Waals surface area contributed by atoms with Crippen LogP contribution in [0.15, 0.2) is 0 Å². The largest absolute Gasteiger partial charge is 0.480 e. The van der Waals surface area contributed by atoms with Gasteiger partial charge >= 0.3 is 5.97 Å². The second kappa shape index (κ2) is 3.83. The minimum atomic E-state index is -1.05. The van der Waals surface area contributed by atoms with Crippen molar-refractivity contribution < 1.29 is 9.90 Å². The van der Waals surface area contributed by atoms with Crippen molar-refractivity contribution in [1.82, 2.24) is 0 Å². The fourth-order valence-corrected chi connectivity index (χ4v) is 1.05. The van der Waals surface area contributed by atoms with Gasteiger partial charge in [-0.3, -0.25) is 4.79 Å². The number of carboxylic acid groups (broad SMARTS) is 1. The zero-order valence-corrected chi connectivity index (χ0v) is 7.07. The summed E-state index contributed by atoms with van der Waals surface area (Å²) in [6.07, 6.45) is 2.45. The molecule has 0 aliphatic rings. The Hall–Kier alpha value is -0.220. The number of thioether (sulfide) groups is 1. The van der Waals surface area contributed by atoms with Crippen LogP contribution in [0.4, 0.5) is 0 Å². The Labute approximate surface area is 65.0 Å². The highest BCUT2D eigenvalue weighted by molar-refractivity contribution is 7.98. The lowest BCUT2D eigenvalue weighted by Crippen LogP contribution is -2.45. The Morgan fingerprint density at radius 1 is 1.80 bits per heavy atom. The fraction of sp³-hybridized carbons (Fsp3) is 0.833. The number of nitrogens with two attached hydrogens (primary N) is 1. The maximum absolute atomic E-state index is 10.4. The van der Waals surface area contributed by atoms with Gasteiger partial charge in [-0.15, -0.1) is 0 Å². The lowest BCUT2D eigenvalue weighted by molar-refractivity contribution is -0.142. The van der Waals surface area contributed by atoms with E-state index < -0.39 is 11.5 Å². The molecule has 0 heterocycles. The summed E-state index contributed by atoms with van der Waals surface area (Å²) in [4.78, 5) is 10.4. The van der Waals surface area contributed by atoms with Gasteiger partial charge in [0.05, 0.1) is 0 Å². The van der Waals surface area contributed by atoms with Crippen LogP contribution < -0.4 is 5.73 Å². The van der Waals surface area contributed by atoms with Crippen molar-refractivity contribution in [2.75, 3.05) is 12.0 Å². The van der Waals surface area contributed by atoms with Crippen LogP contribution in [0.3, 0.4) is 0 Å². The minimum Gasteiger partial charge on any atom is -0.480 e. The molecule has 0 aromatic heterocycles. The maximum atomic E-state index is 10.4. The molecule has 4 heteroatoms. The molecule has 0 bridgehead atoms. The molecule has 3 N–H and O–H groups in total. The molecular weight excluding hydrogens is 149 g/mol. The molecule has 0 rings (SSSR count). The highest BCUT2D eigenvalue weighted by Crippen LogP contribution is 2.09. The third-order valence-electron chi connectivity index (χ3n) is 1.31. The monoisotopic (exact) mass is 162 g/mol. The van der Waals surface area contributed by atoms with Gasteiger partial charge in [-0.2, -0.15) is 11.8 Å². The number of carboxylic acids is 1. The number of hydrogen-bond acceptors (Lipinski definition) is 3. The summed E-state index contributed by atoms with van der Waals surface area (Å²) >= 11 is 1.60. The summed E-state index contributed by atoms with van der Waals surface area (Å²) in [6.45, 7) is 1.53. The third-order valence-corrected chi connectivity index (χ3v) is 1.93. The first-order chi connectivity index (χ1) is 4.50. The van der Waals surface area contributed by atoms with Gasteiger partial charge < -0.3 is 10.8 Å². The molecule has 0 spiro atoms. The van der Waals surface area contributed by atoms with Crippen LogP contribution in [0.1, 0.15) is 13.3 Å². The second-order valence-electron chi connectivity index (χ2n) is 2.47. The normalized spacial score (nSPS) is 16.3. The standard InChI is InChI=1S/C6H13NO2S/c1-6(7,5(8)9)3-4-10-2/h3-4,7H2,1-2H3,(H,8,9)/t6-/m0/s1/i1-1. The summed E-state index contributed by atoms with van der Waals surface area (Å²) in [5.41, 5.74) is 4.38. The summed E-state index contributed by atoms with van der Waals surface area (Å²) in [7, 11) is 0. The van der Waals surface area contributed by atoms with E-state index >= 15 is 0 Å². The van der Waals surface area contributed by atoms with E-state index in [0.717, 1.165) is 5.75 Å². The lowest BCUT2D eigenvalue weighted by Gasteiger charge is -2.17. The van der Waals surface area contributed by atoms with Crippen molar-refractivity contribution in [3.8, 4) is 0 Å². The SMILES string of the molecule is CSCC[C@]([11CH3])(N)C(=O)O. The average Bonchev–Trinajstić information content (AvgIpc) is 1.84. The Kier molecular flexibility index (Phi) is 3.75. The van der Waals surface area contributed by atoms with Crippen LogP contribution >= 0.6 is 11.8 Å².